The highest BCUT2D eigenvalue weighted by atomic mass is 32.1. The van der Waals surface area contributed by atoms with E-state index in [2.05, 4.69) is 31.1 Å². The van der Waals surface area contributed by atoms with Gasteiger partial charge in [0.1, 0.15) is 5.75 Å². The van der Waals surface area contributed by atoms with Gasteiger partial charge in [-0.3, -0.25) is 10.1 Å². The van der Waals surface area contributed by atoms with E-state index >= 15 is 0 Å². The number of benzene rings is 1. The first-order valence-electron chi connectivity index (χ1n) is 8.31. The Morgan fingerprint density at radius 1 is 1.33 bits per heavy atom. The molecule has 0 saturated heterocycles. The zero-order valence-corrected chi connectivity index (χ0v) is 15.5. The fraction of sp³-hybridized carbons (Fsp3) is 0.474. The van der Waals surface area contributed by atoms with Crippen molar-refractivity contribution >= 4 is 22.4 Å². The van der Waals surface area contributed by atoms with E-state index in [1.807, 2.05) is 12.1 Å². The second-order valence-corrected chi connectivity index (χ2v) is 8.43. The van der Waals surface area contributed by atoms with Crippen molar-refractivity contribution in [2.75, 3.05) is 12.4 Å². The molecule has 3 rings (SSSR count). The van der Waals surface area contributed by atoms with E-state index < -0.39 is 0 Å². The first-order valence-corrected chi connectivity index (χ1v) is 9.13. The van der Waals surface area contributed by atoms with Crippen molar-refractivity contribution in [3.63, 3.8) is 0 Å². The Morgan fingerprint density at radius 3 is 2.79 bits per heavy atom. The van der Waals surface area contributed by atoms with Crippen molar-refractivity contribution in [1.29, 1.82) is 0 Å². The van der Waals surface area contributed by atoms with E-state index in [0.29, 0.717) is 27.8 Å². The molecular weight excluding hydrogens is 320 g/mol. The normalized spacial score (nSPS) is 17.2. The Hall–Kier alpha value is -1.88. The monoisotopic (exact) mass is 344 g/mol. The number of aromatic nitrogens is 1. The summed E-state index contributed by atoms with van der Waals surface area (Å²) >= 11 is 1.61. The second-order valence-electron chi connectivity index (χ2n) is 7.35. The van der Waals surface area contributed by atoms with Crippen LogP contribution in [0.5, 0.6) is 5.75 Å². The van der Waals surface area contributed by atoms with Gasteiger partial charge >= 0.3 is 0 Å². The van der Waals surface area contributed by atoms with E-state index in [0.717, 1.165) is 18.5 Å². The van der Waals surface area contributed by atoms with E-state index in [1.54, 1.807) is 30.6 Å². The third-order valence-corrected chi connectivity index (χ3v) is 5.77. The molecule has 1 aromatic carbocycles. The predicted octanol–water partition coefficient (Wildman–Crippen LogP) is 4.56. The highest BCUT2D eigenvalue weighted by Gasteiger charge is 2.30. The molecule has 24 heavy (non-hydrogen) atoms. The third-order valence-electron chi connectivity index (χ3n) is 4.74. The van der Waals surface area contributed by atoms with Crippen LogP contribution in [0, 0.1) is 11.3 Å². The van der Waals surface area contributed by atoms with Crippen LogP contribution in [0.15, 0.2) is 24.3 Å². The number of anilines is 1. The molecule has 0 aliphatic heterocycles. The van der Waals surface area contributed by atoms with Crippen LogP contribution in [0.3, 0.4) is 0 Å². The third kappa shape index (κ3) is 3.46. The fourth-order valence-electron chi connectivity index (χ4n) is 3.16. The minimum atomic E-state index is -0.175. The topological polar surface area (TPSA) is 51.2 Å². The molecule has 1 amide bonds. The van der Waals surface area contributed by atoms with E-state index in [-0.39, 0.29) is 5.91 Å². The van der Waals surface area contributed by atoms with Gasteiger partial charge in [0.2, 0.25) is 0 Å². The van der Waals surface area contributed by atoms with E-state index in [1.165, 1.54) is 11.3 Å². The SMILES string of the molecule is COc1ccccc1C(=O)Nc1nc2c(s1)C[C@H](C(C)(C)C)CC2. The van der Waals surface area contributed by atoms with Gasteiger partial charge in [0.15, 0.2) is 5.13 Å². The summed E-state index contributed by atoms with van der Waals surface area (Å²) in [6.07, 6.45) is 3.22. The van der Waals surface area contributed by atoms with Crippen LogP contribution in [0.2, 0.25) is 0 Å². The van der Waals surface area contributed by atoms with Gasteiger partial charge in [-0.05, 0) is 42.7 Å². The van der Waals surface area contributed by atoms with Crippen LogP contribution in [0.25, 0.3) is 0 Å². The van der Waals surface area contributed by atoms with Gasteiger partial charge in [-0.2, -0.15) is 0 Å². The number of carbonyl (C=O) groups excluding carboxylic acids is 1. The molecule has 0 bridgehead atoms. The van der Waals surface area contributed by atoms with Crippen molar-refractivity contribution in [1.82, 2.24) is 4.98 Å². The van der Waals surface area contributed by atoms with Gasteiger partial charge in [0.25, 0.3) is 5.91 Å². The summed E-state index contributed by atoms with van der Waals surface area (Å²) in [6.45, 7) is 6.90. The van der Waals surface area contributed by atoms with E-state index in [4.69, 9.17) is 4.74 Å². The number of para-hydroxylation sites is 1. The lowest BCUT2D eigenvalue weighted by molar-refractivity contribution is 0.102. The van der Waals surface area contributed by atoms with Gasteiger partial charge in [0.05, 0.1) is 18.4 Å². The number of carbonyl (C=O) groups is 1. The molecule has 128 valence electrons. The number of amides is 1. The fourth-order valence-corrected chi connectivity index (χ4v) is 4.25. The number of nitrogens with zero attached hydrogens (tertiary/aromatic N) is 1. The number of hydrogen-bond donors (Lipinski definition) is 1. The van der Waals surface area contributed by atoms with Crippen LogP contribution in [-0.4, -0.2) is 18.0 Å². The van der Waals surface area contributed by atoms with Crippen LogP contribution in [-0.2, 0) is 12.8 Å². The molecule has 5 heteroatoms. The summed E-state index contributed by atoms with van der Waals surface area (Å²) in [5, 5.41) is 3.62. The smallest absolute Gasteiger partial charge is 0.261 e. The van der Waals surface area contributed by atoms with Gasteiger partial charge in [-0.1, -0.05) is 32.9 Å². The first kappa shape index (κ1) is 17.0. The number of aryl methyl sites for hydroxylation is 1. The Labute approximate surface area is 147 Å². The lowest BCUT2D eigenvalue weighted by Crippen LogP contribution is -2.26. The minimum Gasteiger partial charge on any atom is -0.496 e. The average molecular weight is 344 g/mol. The summed E-state index contributed by atoms with van der Waals surface area (Å²) in [4.78, 5) is 18.5. The minimum absolute atomic E-state index is 0.175. The lowest BCUT2D eigenvalue weighted by atomic mass is 9.73. The lowest BCUT2D eigenvalue weighted by Gasteiger charge is -2.33. The summed E-state index contributed by atoms with van der Waals surface area (Å²) in [5.41, 5.74) is 1.99. The van der Waals surface area contributed by atoms with E-state index in [9.17, 15) is 4.79 Å². The van der Waals surface area contributed by atoms with Crippen LogP contribution < -0.4 is 10.1 Å². The molecule has 1 atom stereocenters. The predicted molar refractivity (Wildman–Crippen MR) is 98.0 cm³/mol. The maximum atomic E-state index is 12.5. The molecule has 0 saturated carbocycles. The highest BCUT2D eigenvalue weighted by molar-refractivity contribution is 7.15. The molecule has 1 aromatic heterocycles. The molecule has 1 aliphatic rings. The summed E-state index contributed by atoms with van der Waals surface area (Å²) < 4.78 is 5.26. The van der Waals surface area contributed by atoms with Crippen LogP contribution in [0.4, 0.5) is 5.13 Å². The molecule has 0 radical (unpaired) electrons. The average Bonchev–Trinajstić information content (AvgIpc) is 2.95. The number of fused-ring (bicyclic) bond motifs is 1. The zero-order valence-electron chi connectivity index (χ0n) is 14.7. The standard InChI is InChI=1S/C19H24N2O2S/c1-19(2,3)12-9-10-14-16(11-12)24-18(20-14)21-17(22)13-7-5-6-8-15(13)23-4/h5-8,12H,9-11H2,1-4H3,(H,20,21,22)/t12-/m1/s1. The van der Waals surface area contributed by atoms with Crippen LogP contribution >= 0.6 is 11.3 Å². The van der Waals surface area contributed by atoms with Crippen molar-refractivity contribution in [3.8, 4) is 5.75 Å². The first-order chi connectivity index (χ1) is 11.4. The van der Waals surface area contributed by atoms with Gasteiger partial charge < -0.3 is 4.74 Å². The number of ether oxygens (including phenoxy) is 1. The van der Waals surface area contributed by atoms with Gasteiger partial charge in [-0.15, -0.1) is 11.3 Å². The van der Waals surface area contributed by atoms with Gasteiger partial charge in [0, 0.05) is 4.88 Å². The van der Waals surface area contributed by atoms with Crippen molar-refractivity contribution in [3.05, 3.63) is 40.4 Å². The molecule has 0 spiro atoms. The summed E-state index contributed by atoms with van der Waals surface area (Å²) in [6, 6.07) is 7.23. The highest BCUT2D eigenvalue weighted by Crippen LogP contribution is 2.40. The summed E-state index contributed by atoms with van der Waals surface area (Å²) in [7, 11) is 1.57. The molecule has 1 aliphatic carbocycles. The Morgan fingerprint density at radius 2 is 2.08 bits per heavy atom. The number of rotatable bonds is 3. The molecule has 0 unspecified atom stereocenters. The number of nitrogens with one attached hydrogen (secondary N) is 1. The van der Waals surface area contributed by atoms with Crippen molar-refractivity contribution in [2.24, 2.45) is 11.3 Å². The Balaban J connectivity index is 1.76. The summed E-state index contributed by atoms with van der Waals surface area (Å²) in [5.74, 6) is 1.07. The van der Waals surface area contributed by atoms with Crippen molar-refractivity contribution < 1.29 is 9.53 Å². The number of methoxy groups -OCH3 is 1. The quantitative estimate of drug-likeness (QED) is 0.888. The second kappa shape index (κ2) is 6.55. The molecular formula is C19H24N2O2S. The van der Waals surface area contributed by atoms with Crippen LogP contribution in [0.1, 0.15) is 48.1 Å². The Bertz CT molecular complexity index is 746. The molecule has 4 nitrogen and oxygen atoms in total. The molecule has 2 aromatic rings. The molecule has 1 heterocycles. The molecule has 1 N–H and O–H groups in total. The largest absolute Gasteiger partial charge is 0.496 e. The maximum absolute atomic E-state index is 12.5. The number of thiazole rings is 1. The molecule has 0 fully saturated rings. The maximum Gasteiger partial charge on any atom is 0.261 e. The zero-order chi connectivity index (χ0) is 17.3. The Kier molecular flexibility index (Phi) is 4.63. The van der Waals surface area contributed by atoms with Crippen molar-refractivity contribution in [2.45, 2.75) is 40.0 Å². The number of hydrogen-bond acceptors (Lipinski definition) is 4. The van der Waals surface area contributed by atoms with Gasteiger partial charge in [-0.25, -0.2) is 4.98 Å².